The van der Waals surface area contributed by atoms with Crippen molar-refractivity contribution in [3.63, 3.8) is 0 Å². The van der Waals surface area contributed by atoms with E-state index in [0.717, 1.165) is 18.9 Å². The maximum Gasteiger partial charge on any atom is 0.287 e. The molecule has 0 atom stereocenters. The third-order valence-electron chi connectivity index (χ3n) is 3.52. The van der Waals surface area contributed by atoms with E-state index in [1.165, 1.54) is 0 Å². The van der Waals surface area contributed by atoms with Crippen LogP contribution >= 0.6 is 26.6 Å². The summed E-state index contributed by atoms with van der Waals surface area (Å²) in [5.74, 6) is -0.577. The summed E-state index contributed by atoms with van der Waals surface area (Å²) in [5, 5.41) is 2.75. The van der Waals surface area contributed by atoms with Crippen LogP contribution in [0, 0.1) is 5.41 Å². The Balaban J connectivity index is 2.04. The fourth-order valence-electron chi connectivity index (χ4n) is 2.05. The van der Waals surface area contributed by atoms with Gasteiger partial charge in [0.05, 0.1) is 0 Å². The van der Waals surface area contributed by atoms with Crippen LogP contribution in [0.5, 0.6) is 0 Å². The third-order valence-corrected chi connectivity index (χ3v) is 5.70. The molecule has 0 saturated carbocycles. The largest absolute Gasteiger partial charge is 0.443 e. The summed E-state index contributed by atoms with van der Waals surface area (Å²) in [6.45, 7) is 3.89. The van der Waals surface area contributed by atoms with Crippen molar-refractivity contribution in [2.45, 2.75) is 24.7 Å². The summed E-state index contributed by atoms with van der Waals surface area (Å²) < 4.78 is 32.9. The van der Waals surface area contributed by atoms with Crippen molar-refractivity contribution in [1.29, 1.82) is 0 Å². The first-order valence-corrected chi connectivity index (χ1v) is 9.41. The monoisotopic (exact) mass is 399 g/mol. The summed E-state index contributed by atoms with van der Waals surface area (Å²) in [6, 6.07) is 1.11. The Labute approximate surface area is 135 Å². The van der Waals surface area contributed by atoms with Crippen molar-refractivity contribution in [1.82, 2.24) is 5.32 Å². The minimum absolute atomic E-state index is 0.0286. The van der Waals surface area contributed by atoms with Crippen LogP contribution in [0.15, 0.2) is 20.0 Å². The molecule has 0 aromatic carbocycles. The fraction of sp³-hybridized carbons (Fsp3) is 0.583. The summed E-state index contributed by atoms with van der Waals surface area (Å²) in [6.07, 6.45) is 1.72. The zero-order valence-corrected chi connectivity index (χ0v) is 14.5. The molecule has 118 valence electrons. The average molecular weight is 401 g/mol. The lowest BCUT2D eigenvalue weighted by Crippen LogP contribution is -2.39. The van der Waals surface area contributed by atoms with Gasteiger partial charge in [0.15, 0.2) is 10.4 Å². The van der Waals surface area contributed by atoms with Crippen LogP contribution in [0.3, 0.4) is 0 Å². The smallest absolute Gasteiger partial charge is 0.287 e. The summed E-state index contributed by atoms with van der Waals surface area (Å²) in [4.78, 5) is 11.8. The van der Waals surface area contributed by atoms with E-state index >= 15 is 0 Å². The van der Waals surface area contributed by atoms with E-state index in [9.17, 15) is 13.2 Å². The van der Waals surface area contributed by atoms with E-state index in [2.05, 4.69) is 28.2 Å². The Kier molecular flexibility index (Phi) is 5.02. The number of carbonyl (C=O) groups excluding carboxylic acids is 1. The van der Waals surface area contributed by atoms with Crippen LogP contribution in [-0.4, -0.2) is 34.1 Å². The number of rotatable bonds is 4. The lowest BCUT2D eigenvalue weighted by molar-refractivity contribution is 0.0236. The normalized spacial score (nSPS) is 18.4. The van der Waals surface area contributed by atoms with Crippen molar-refractivity contribution in [3.05, 3.63) is 16.5 Å². The van der Waals surface area contributed by atoms with Crippen LogP contribution in [0.2, 0.25) is 0 Å². The number of furan rings is 1. The van der Waals surface area contributed by atoms with Gasteiger partial charge in [0.1, 0.15) is 4.90 Å². The molecule has 9 heteroatoms. The standard InChI is InChI=1S/C12H15BrClNO5S/c1-12(2-4-19-5-3-12)7-15-11(16)8-6-9(10(13)20-8)21(14,17)18/h6H,2-5,7H2,1H3,(H,15,16). The van der Waals surface area contributed by atoms with Crippen molar-refractivity contribution in [2.24, 2.45) is 5.41 Å². The van der Waals surface area contributed by atoms with E-state index in [1.807, 2.05) is 0 Å². The van der Waals surface area contributed by atoms with Gasteiger partial charge in [0.25, 0.3) is 15.0 Å². The first-order valence-electron chi connectivity index (χ1n) is 6.31. The van der Waals surface area contributed by atoms with Crippen LogP contribution in [0.1, 0.15) is 30.3 Å². The molecule has 0 radical (unpaired) electrons. The van der Waals surface area contributed by atoms with E-state index in [1.54, 1.807) is 0 Å². The minimum Gasteiger partial charge on any atom is -0.443 e. The van der Waals surface area contributed by atoms with Gasteiger partial charge in [0.2, 0.25) is 0 Å². The third kappa shape index (κ3) is 4.21. The summed E-state index contributed by atoms with van der Waals surface area (Å²) >= 11 is 2.93. The molecular formula is C12H15BrClNO5S. The zero-order chi connectivity index (χ0) is 15.7. The number of halogens is 2. The number of hydrogen-bond donors (Lipinski definition) is 1. The maximum atomic E-state index is 12.0. The average Bonchev–Trinajstić information content (AvgIpc) is 2.79. The van der Waals surface area contributed by atoms with E-state index in [-0.39, 0.29) is 20.7 Å². The second-order valence-electron chi connectivity index (χ2n) is 5.29. The lowest BCUT2D eigenvalue weighted by atomic mass is 9.82. The quantitative estimate of drug-likeness (QED) is 0.785. The van der Waals surface area contributed by atoms with E-state index in [0.29, 0.717) is 19.8 Å². The molecule has 0 unspecified atom stereocenters. The van der Waals surface area contributed by atoms with Crippen LogP contribution in [0.25, 0.3) is 0 Å². The van der Waals surface area contributed by atoms with Gasteiger partial charge in [-0.1, -0.05) is 6.92 Å². The van der Waals surface area contributed by atoms with Gasteiger partial charge in [-0.05, 0) is 34.2 Å². The lowest BCUT2D eigenvalue weighted by Gasteiger charge is -2.33. The molecule has 1 aliphatic heterocycles. The molecule has 6 nitrogen and oxygen atoms in total. The minimum atomic E-state index is -3.96. The van der Waals surface area contributed by atoms with Gasteiger partial charge in [-0.25, -0.2) is 8.42 Å². The topological polar surface area (TPSA) is 85.6 Å². The van der Waals surface area contributed by atoms with Crippen molar-refractivity contribution >= 4 is 41.6 Å². The predicted octanol–water partition coefficient (Wildman–Crippen LogP) is 2.52. The SMILES string of the molecule is CC1(CNC(=O)c2cc(S(=O)(=O)Cl)c(Br)o2)CCOCC1. The molecular weight excluding hydrogens is 386 g/mol. The second kappa shape index (κ2) is 6.28. The molecule has 1 aliphatic rings. The zero-order valence-electron chi connectivity index (χ0n) is 11.3. The summed E-state index contributed by atoms with van der Waals surface area (Å²) in [7, 11) is 1.28. The van der Waals surface area contributed by atoms with Gasteiger partial charge in [-0.15, -0.1) is 0 Å². The van der Waals surface area contributed by atoms with Crippen LogP contribution in [0.4, 0.5) is 0 Å². The number of amides is 1. The molecule has 1 aromatic rings. The summed E-state index contributed by atoms with van der Waals surface area (Å²) in [5.41, 5.74) is -0.0286. The molecule has 0 aliphatic carbocycles. The molecule has 21 heavy (non-hydrogen) atoms. The van der Waals surface area contributed by atoms with Gasteiger partial charge < -0.3 is 14.5 Å². The molecule has 2 rings (SSSR count). The molecule has 1 aromatic heterocycles. The molecule has 1 amide bonds. The molecule has 1 saturated heterocycles. The van der Waals surface area contributed by atoms with Crippen LogP contribution in [-0.2, 0) is 13.8 Å². The highest BCUT2D eigenvalue weighted by Crippen LogP contribution is 2.30. The van der Waals surface area contributed by atoms with E-state index in [4.69, 9.17) is 19.8 Å². The Morgan fingerprint density at radius 1 is 1.48 bits per heavy atom. The van der Waals surface area contributed by atoms with Crippen molar-refractivity contribution in [3.8, 4) is 0 Å². The predicted molar refractivity (Wildman–Crippen MR) is 79.9 cm³/mol. The number of carbonyl (C=O) groups is 1. The maximum absolute atomic E-state index is 12.0. The Morgan fingerprint density at radius 3 is 2.62 bits per heavy atom. The molecule has 2 heterocycles. The highest BCUT2D eigenvalue weighted by molar-refractivity contribution is 9.10. The highest BCUT2D eigenvalue weighted by atomic mass is 79.9. The van der Waals surface area contributed by atoms with Gasteiger partial charge in [0, 0.05) is 36.5 Å². The van der Waals surface area contributed by atoms with Crippen LogP contribution < -0.4 is 5.32 Å². The molecule has 0 bridgehead atoms. The van der Waals surface area contributed by atoms with Gasteiger partial charge in [-0.3, -0.25) is 4.79 Å². The number of hydrogen-bond acceptors (Lipinski definition) is 5. The van der Waals surface area contributed by atoms with Crippen molar-refractivity contribution in [2.75, 3.05) is 19.8 Å². The first kappa shape index (κ1) is 16.8. The Hall–Kier alpha value is -0.570. The Morgan fingerprint density at radius 2 is 2.10 bits per heavy atom. The van der Waals surface area contributed by atoms with E-state index < -0.39 is 15.0 Å². The molecule has 0 spiro atoms. The van der Waals surface area contributed by atoms with Gasteiger partial charge in [-0.2, -0.15) is 0 Å². The number of ether oxygens (including phenoxy) is 1. The molecule has 1 N–H and O–H groups in total. The van der Waals surface area contributed by atoms with Gasteiger partial charge >= 0.3 is 0 Å². The number of nitrogens with one attached hydrogen (secondary N) is 1. The highest BCUT2D eigenvalue weighted by Gasteiger charge is 2.29. The Bertz CT molecular complexity index is 636. The fourth-order valence-corrected chi connectivity index (χ4v) is 4.08. The first-order chi connectivity index (χ1) is 9.71. The molecule has 1 fully saturated rings. The van der Waals surface area contributed by atoms with Crippen molar-refractivity contribution < 1.29 is 22.4 Å². The second-order valence-corrected chi connectivity index (χ2v) is 8.55.